The molecule has 3 N–H and O–H groups in total. The SMILES string of the molecule is Cc1ncc(CNC(=O)c2ccc(-c3ccc(NO)nc3)cc2)c2c1OC(C)(C)OC2. The van der Waals surface area contributed by atoms with E-state index in [4.69, 9.17) is 14.7 Å². The maximum absolute atomic E-state index is 12.6. The Morgan fingerprint density at radius 1 is 1.10 bits per heavy atom. The summed E-state index contributed by atoms with van der Waals surface area (Å²) < 4.78 is 11.7. The molecule has 3 heterocycles. The maximum Gasteiger partial charge on any atom is 0.251 e. The standard InChI is InChI=1S/C23H24N4O4/c1-14-21-19(13-30-23(2,3)31-21)18(11-24-14)12-26-22(28)16-6-4-15(5-7-16)17-8-9-20(27-29)25-10-17/h4-11,29H,12-13H2,1-3H3,(H,25,27)(H,26,28). The van der Waals surface area contributed by atoms with Crippen LogP contribution >= 0.6 is 0 Å². The second-order valence-corrected chi connectivity index (χ2v) is 7.77. The van der Waals surface area contributed by atoms with Gasteiger partial charge < -0.3 is 14.8 Å². The van der Waals surface area contributed by atoms with Gasteiger partial charge in [-0.3, -0.25) is 20.5 Å². The smallest absolute Gasteiger partial charge is 0.251 e. The van der Waals surface area contributed by atoms with Crippen molar-refractivity contribution in [1.82, 2.24) is 15.3 Å². The van der Waals surface area contributed by atoms with Crippen LogP contribution in [0, 0.1) is 6.92 Å². The average Bonchev–Trinajstić information content (AvgIpc) is 2.78. The summed E-state index contributed by atoms with van der Waals surface area (Å²) in [5, 5.41) is 11.8. The van der Waals surface area contributed by atoms with Crippen LogP contribution in [0.2, 0.25) is 0 Å². The molecule has 4 rings (SSSR count). The molecule has 8 nitrogen and oxygen atoms in total. The van der Waals surface area contributed by atoms with Crippen LogP contribution in [-0.2, 0) is 17.9 Å². The Bertz CT molecular complexity index is 1100. The third-order valence-electron chi connectivity index (χ3n) is 5.11. The minimum Gasteiger partial charge on any atom is -0.461 e. The predicted molar refractivity (Wildman–Crippen MR) is 115 cm³/mol. The van der Waals surface area contributed by atoms with Crippen molar-refractivity contribution in [2.24, 2.45) is 0 Å². The summed E-state index contributed by atoms with van der Waals surface area (Å²) >= 11 is 0. The number of benzene rings is 1. The summed E-state index contributed by atoms with van der Waals surface area (Å²) in [6, 6.07) is 10.7. The highest BCUT2D eigenvalue weighted by Gasteiger charge is 2.30. The van der Waals surface area contributed by atoms with Crippen molar-refractivity contribution in [2.75, 3.05) is 5.48 Å². The van der Waals surface area contributed by atoms with E-state index in [9.17, 15) is 4.79 Å². The molecule has 1 amide bonds. The first-order chi connectivity index (χ1) is 14.9. The number of hydrogen-bond acceptors (Lipinski definition) is 7. The molecule has 3 aromatic rings. The number of hydrogen-bond donors (Lipinski definition) is 3. The number of carbonyl (C=O) groups is 1. The van der Waals surface area contributed by atoms with Gasteiger partial charge in [0.2, 0.25) is 5.79 Å². The van der Waals surface area contributed by atoms with Crippen molar-refractivity contribution in [1.29, 1.82) is 0 Å². The number of ether oxygens (including phenoxy) is 2. The maximum atomic E-state index is 12.6. The van der Waals surface area contributed by atoms with Crippen LogP contribution in [0.25, 0.3) is 11.1 Å². The molecule has 0 radical (unpaired) electrons. The molecule has 8 heteroatoms. The number of carbonyl (C=O) groups excluding carboxylic acids is 1. The molecule has 160 valence electrons. The lowest BCUT2D eigenvalue weighted by atomic mass is 10.0. The summed E-state index contributed by atoms with van der Waals surface area (Å²) in [7, 11) is 0. The monoisotopic (exact) mass is 420 g/mol. The van der Waals surface area contributed by atoms with E-state index in [0.29, 0.717) is 24.5 Å². The molecule has 31 heavy (non-hydrogen) atoms. The highest BCUT2D eigenvalue weighted by molar-refractivity contribution is 5.94. The van der Waals surface area contributed by atoms with Gasteiger partial charge in [-0.25, -0.2) is 4.98 Å². The van der Waals surface area contributed by atoms with E-state index in [1.807, 2.05) is 44.5 Å². The second-order valence-electron chi connectivity index (χ2n) is 7.77. The van der Waals surface area contributed by atoms with Crippen molar-refractivity contribution in [3.05, 3.63) is 71.2 Å². The number of rotatable bonds is 5. The Labute approximate surface area is 180 Å². The van der Waals surface area contributed by atoms with Crippen molar-refractivity contribution in [2.45, 2.75) is 39.7 Å². The Morgan fingerprint density at radius 2 is 1.84 bits per heavy atom. The zero-order chi connectivity index (χ0) is 22.0. The van der Waals surface area contributed by atoms with Crippen LogP contribution in [0.5, 0.6) is 5.75 Å². The fourth-order valence-corrected chi connectivity index (χ4v) is 3.37. The molecule has 0 atom stereocenters. The second kappa shape index (κ2) is 8.33. The molecule has 0 fully saturated rings. The minimum atomic E-state index is -0.701. The number of nitrogens with one attached hydrogen (secondary N) is 2. The number of amides is 1. The van der Waals surface area contributed by atoms with Gasteiger partial charge in [-0.05, 0) is 42.3 Å². The van der Waals surface area contributed by atoms with Gasteiger partial charge in [0.1, 0.15) is 11.6 Å². The lowest BCUT2D eigenvalue weighted by Crippen LogP contribution is -2.36. The summed E-state index contributed by atoms with van der Waals surface area (Å²) in [5.74, 6) is 0.208. The molecule has 0 unspecified atom stereocenters. The summed E-state index contributed by atoms with van der Waals surface area (Å²) in [6.45, 7) is 6.35. The molecule has 1 aromatic carbocycles. The molecular weight excluding hydrogens is 396 g/mol. The van der Waals surface area contributed by atoms with Crippen LogP contribution in [0.1, 0.15) is 41.0 Å². The summed E-state index contributed by atoms with van der Waals surface area (Å²) in [6.07, 6.45) is 3.40. The highest BCUT2D eigenvalue weighted by atomic mass is 16.7. The molecule has 2 aromatic heterocycles. The van der Waals surface area contributed by atoms with Crippen LogP contribution in [0.4, 0.5) is 5.82 Å². The summed E-state index contributed by atoms with van der Waals surface area (Å²) in [5.41, 5.74) is 6.93. The fourth-order valence-electron chi connectivity index (χ4n) is 3.37. The Kier molecular flexibility index (Phi) is 5.58. The third-order valence-corrected chi connectivity index (χ3v) is 5.11. The van der Waals surface area contributed by atoms with Crippen molar-refractivity contribution >= 4 is 11.7 Å². The van der Waals surface area contributed by atoms with E-state index in [-0.39, 0.29) is 5.91 Å². The van der Waals surface area contributed by atoms with Gasteiger partial charge >= 0.3 is 0 Å². The van der Waals surface area contributed by atoms with Crippen molar-refractivity contribution < 1.29 is 19.5 Å². The molecule has 1 aliphatic heterocycles. The summed E-state index contributed by atoms with van der Waals surface area (Å²) in [4.78, 5) is 21.1. The van der Waals surface area contributed by atoms with Gasteiger partial charge in [0, 0.05) is 49.5 Å². The molecule has 0 spiro atoms. The van der Waals surface area contributed by atoms with E-state index >= 15 is 0 Å². The number of nitrogens with zero attached hydrogens (tertiary/aromatic N) is 2. The lowest BCUT2D eigenvalue weighted by molar-refractivity contribution is -0.180. The largest absolute Gasteiger partial charge is 0.461 e. The average molecular weight is 420 g/mol. The van der Waals surface area contributed by atoms with Gasteiger partial charge in [-0.2, -0.15) is 0 Å². The first kappa shape index (κ1) is 20.8. The van der Waals surface area contributed by atoms with Gasteiger partial charge in [-0.15, -0.1) is 0 Å². The van der Waals surface area contributed by atoms with Gasteiger partial charge in [0.25, 0.3) is 5.91 Å². The topological polar surface area (TPSA) is 106 Å². The Balaban J connectivity index is 1.45. The zero-order valence-corrected chi connectivity index (χ0v) is 17.6. The number of anilines is 1. The van der Waals surface area contributed by atoms with E-state index in [1.165, 1.54) is 0 Å². The number of pyridine rings is 2. The third kappa shape index (κ3) is 4.50. The molecule has 0 saturated heterocycles. The van der Waals surface area contributed by atoms with Gasteiger partial charge in [0.05, 0.1) is 12.3 Å². The quantitative estimate of drug-likeness (QED) is 0.539. The van der Waals surface area contributed by atoms with E-state index in [2.05, 4.69) is 15.3 Å². The van der Waals surface area contributed by atoms with E-state index in [1.54, 1.807) is 30.6 Å². The molecule has 0 aliphatic carbocycles. The first-order valence-corrected chi connectivity index (χ1v) is 9.91. The molecule has 0 bridgehead atoms. The number of aryl methyl sites for hydroxylation is 1. The first-order valence-electron chi connectivity index (χ1n) is 9.91. The molecule has 0 saturated carbocycles. The number of fused-ring (bicyclic) bond motifs is 1. The molecular formula is C23H24N4O4. The van der Waals surface area contributed by atoms with Gasteiger partial charge in [0.15, 0.2) is 0 Å². The fraction of sp³-hybridized carbons (Fsp3) is 0.261. The van der Waals surface area contributed by atoms with Crippen LogP contribution in [0.3, 0.4) is 0 Å². The molecule has 1 aliphatic rings. The van der Waals surface area contributed by atoms with E-state index in [0.717, 1.165) is 33.7 Å². The van der Waals surface area contributed by atoms with Crippen LogP contribution < -0.4 is 15.5 Å². The van der Waals surface area contributed by atoms with Crippen LogP contribution in [-0.4, -0.2) is 26.9 Å². The Hall–Kier alpha value is -3.49. The van der Waals surface area contributed by atoms with Gasteiger partial charge in [-0.1, -0.05) is 12.1 Å². The van der Waals surface area contributed by atoms with Crippen molar-refractivity contribution in [3.63, 3.8) is 0 Å². The Morgan fingerprint density at radius 3 is 2.52 bits per heavy atom. The normalized spacial score (nSPS) is 14.3. The lowest BCUT2D eigenvalue weighted by Gasteiger charge is -2.34. The highest BCUT2D eigenvalue weighted by Crippen LogP contribution is 2.35. The van der Waals surface area contributed by atoms with E-state index < -0.39 is 5.79 Å². The minimum absolute atomic E-state index is 0.184. The van der Waals surface area contributed by atoms with Crippen LogP contribution in [0.15, 0.2) is 48.8 Å². The number of aromatic nitrogens is 2. The van der Waals surface area contributed by atoms with Crippen molar-refractivity contribution in [3.8, 4) is 16.9 Å². The zero-order valence-electron chi connectivity index (χ0n) is 17.6. The predicted octanol–water partition coefficient (Wildman–Crippen LogP) is 3.83.